The van der Waals surface area contributed by atoms with Crippen LogP contribution >= 0.6 is 24.4 Å². The summed E-state index contributed by atoms with van der Waals surface area (Å²) >= 11 is 9.99. The summed E-state index contributed by atoms with van der Waals surface area (Å²) in [5.41, 5.74) is 1.06. The molecule has 0 heterocycles. The van der Waals surface area contributed by atoms with E-state index in [0.717, 1.165) is 15.4 Å². The molecule has 0 radical (unpaired) electrons. The van der Waals surface area contributed by atoms with Gasteiger partial charge in [0.25, 0.3) is 0 Å². The van der Waals surface area contributed by atoms with E-state index in [0.29, 0.717) is 0 Å². The molecule has 1 aliphatic rings. The Balaban J connectivity index is 2.89. The maximum Gasteiger partial charge on any atom is 0.149 e. The Morgan fingerprint density at radius 2 is 2.00 bits per heavy atom. The lowest BCUT2D eigenvalue weighted by Crippen LogP contribution is -2.79. The summed E-state index contributed by atoms with van der Waals surface area (Å²) in [7, 11) is 1.96. The second-order valence-electron chi connectivity index (χ2n) is 1.99. The van der Waals surface area contributed by atoms with Crippen molar-refractivity contribution in [2.75, 3.05) is 7.05 Å². The molecule has 0 aromatic heterocycles. The van der Waals surface area contributed by atoms with Crippen LogP contribution in [0.2, 0.25) is 0 Å². The molecule has 0 aromatic rings. The van der Waals surface area contributed by atoms with Crippen LogP contribution in [-0.4, -0.2) is 16.8 Å². The molecule has 1 nitrogen and oxygen atoms in total. The molecule has 0 unspecified atom stereocenters. The average molecular weight is 170 g/mol. The van der Waals surface area contributed by atoms with Gasteiger partial charge in [-0.05, 0) is 12.2 Å². The molecule has 0 atom stereocenters. The van der Waals surface area contributed by atoms with E-state index in [-0.39, 0.29) is 0 Å². The minimum atomic E-state index is 0.849. The van der Waals surface area contributed by atoms with E-state index in [1.54, 1.807) is 0 Å². The van der Waals surface area contributed by atoms with Crippen LogP contribution in [0.3, 0.4) is 0 Å². The van der Waals surface area contributed by atoms with Crippen molar-refractivity contribution < 1.29 is 5.32 Å². The molecule has 3 heteroatoms. The molecule has 1 aliphatic carbocycles. The van der Waals surface area contributed by atoms with Crippen molar-refractivity contribution in [3.63, 3.8) is 0 Å². The van der Waals surface area contributed by atoms with Crippen molar-refractivity contribution in [2.24, 2.45) is 0 Å². The van der Waals surface area contributed by atoms with Gasteiger partial charge in [0.2, 0.25) is 0 Å². The van der Waals surface area contributed by atoms with E-state index in [1.165, 1.54) is 0 Å². The van der Waals surface area contributed by atoms with Crippen molar-refractivity contribution in [1.82, 2.24) is 0 Å². The lowest BCUT2D eigenvalue weighted by atomic mass is 10.1. The van der Waals surface area contributed by atoms with Gasteiger partial charge in [-0.25, -0.2) is 0 Å². The molecule has 0 aliphatic heterocycles. The molecular formula is C7H8NS2+. The highest BCUT2D eigenvalue weighted by Gasteiger charge is 2.08. The zero-order chi connectivity index (χ0) is 7.56. The number of hydrogen-bond donors (Lipinski definition) is 1. The number of quaternary nitrogens is 1. The molecule has 0 aromatic carbocycles. The van der Waals surface area contributed by atoms with E-state index < -0.39 is 0 Å². The third-order valence-corrected chi connectivity index (χ3v) is 1.92. The van der Waals surface area contributed by atoms with Gasteiger partial charge in [-0.2, -0.15) is 0 Å². The largest absolute Gasteiger partial charge is 0.315 e. The van der Waals surface area contributed by atoms with Gasteiger partial charge in [-0.1, -0.05) is 24.4 Å². The molecule has 52 valence electrons. The minimum absolute atomic E-state index is 0.849. The van der Waals surface area contributed by atoms with Gasteiger partial charge in [-0.15, -0.1) is 0 Å². The van der Waals surface area contributed by atoms with E-state index in [1.807, 2.05) is 30.6 Å². The zero-order valence-corrected chi connectivity index (χ0v) is 7.26. The summed E-state index contributed by atoms with van der Waals surface area (Å²) in [6.07, 6.45) is 5.63. The monoisotopic (exact) mass is 170 g/mol. The first-order valence-electron chi connectivity index (χ1n) is 3.01. The molecule has 1 rings (SSSR count). The quantitative estimate of drug-likeness (QED) is 0.573. The molecule has 0 amide bonds. The standard InChI is InChI=1S/C7H7NS2/c1-8-6-4-5(9)2-3-7(6)10/h2-4,8H,1H3/p+1. The lowest BCUT2D eigenvalue weighted by Gasteiger charge is -2.03. The van der Waals surface area contributed by atoms with Gasteiger partial charge in [-0.3, -0.25) is 0 Å². The average Bonchev–Trinajstić information content (AvgIpc) is 1.94. The van der Waals surface area contributed by atoms with Crippen LogP contribution in [0.25, 0.3) is 0 Å². The molecule has 0 fully saturated rings. The first-order valence-corrected chi connectivity index (χ1v) is 3.83. The normalized spacial score (nSPS) is 17.5. The van der Waals surface area contributed by atoms with Crippen molar-refractivity contribution in [2.45, 2.75) is 0 Å². The first-order chi connectivity index (χ1) is 4.74. The summed E-state index contributed by atoms with van der Waals surface area (Å²) < 4.78 is 0. The molecule has 0 saturated carbocycles. The highest BCUT2D eigenvalue weighted by Crippen LogP contribution is 2.00. The Kier molecular flexibility index (Phi) is 2.43. The molecule has 10 heavy (non-hydrogen) atoms. The smallest absolute Gasteiger partial charge is 0.149 e. The predicted octanol–water partition coefficient (Wildman–Crippen LogP) is 0.373. The van der Waals surface area contributed by atoms with Crippen molar-refractivity contribution in [1.29, 1.82) is 0 Å². The van der Waals surface area contributed by atoms with Crippen molar-refractivity contribution >= 4 is 34.2 Å². The molecule has 0 saturated heterocycles. The minimum Gasteiger partial charge on any atom is -0.315 e. The Morgan fingerprint density at radius 1 is 1.30 bits per heavy atom. The van der Waals surface area contributed by atoms with Crippen LogP contribution in [0.4, 0.5) is 0 Å². The maximum atomic E-state index is 5.03. The third kappa shape index (κ3) is 1.56. The van der Waals surface area contributed by atoms with E-state index in [2.05, 4.69) is 0 Å². The summed E-state index contributed by atoms with van der Waals surface area (Å²) in [4.78, 5) is 1.72. The first kappa shape index (κ1) is 7.72. The van der Waals surface area contributed by atoms with Gasteiger partial charge in [0, 0.05) is 10.9 Å². The second kappa shape index (κ2) is 3.14. The van der Waals surface area contributed by atoms with Crippen LogP contribution in [0.5, 0.6) is 0 Å². The summed E-state index contributed by atoms with van der Waals surface area (Å²) in [6.45, 7) is 0. The number of nitrogens with two attached hydrogens (primary N) is 1. The third-order valence-electron chi connectivity index (χ3n) is 1.29. The van der Waals surface area contributed by atoms with E-state index >= 15 is 0 Å². The van der Waals surface area contributed by atoms with Crippen LogP contribution < -0.4 is 5.32 Å². The lowest BCUT2D eigenvalue weighted by molar-refractivity contribution is -0.567. The molecule has 0 spiro atoms. The van der Waals surface area contributed by atoms with Gasteiger partial charge < -0.3 is 5.32 Å². The SMILES string of the molecule is C[NH2+]C1=CC(=S)C=CC1=S. The van der Waals surface area contributed by atoms with Crippen LogP contribution in [0, 0.1) is 0 Å². The number of hydrogen-bond acceptors (Lipinski definition) is 2. The summed E-state index contributed by atoms with van der Waals surface area (Å²) in [5.74, 6) is 0. The van der Waals surface area contributed by atoms with E-state index in [9.17, 15) is 0 Å². The van der Waals surface area contributed by atoms with Crippen molar-refractivity contribution in [3.8, 4) is 0 Å². The van der Waals surface area contributed by atoms with Crippen LogP contribution in [0.15, 0.2) is 23.9 Å². The molecular weight excluding hydrogens is 162 g/mol. The zero-order valence-electron chi connectivity index (χ0n) is 5.63. The Morgan fingerprint density at radius 3 is 2.50 bits per heavy atom. The second-order valence-corrected chi connectivity index (χ2v) is 2.90. The highest BCUT2D eigenvalue weighted by molar-refractivity contribution is 7.82. The fourth-order valence-electron chi connectivity index (χ4n) is 0.752. The summed E-state index contributed by atoms with van der Waals surface area (Å²) in [5, 5.41) is 1.97. The highest BCUT2D eigenvalue weighted by atomic mass is 32.1. The fraction of sp³-hybridized carbons (Fsp3) is 0.143. The molecule has 2 N–H and O–H groups in total. The Bertz CT molecular complexity index is 238. The van der Waals surface area contributed by atoms with Gasteiger partial charge in [0.1, 0.15) is 5.70 Å². The van der Waals surface area contributed by atoms with Gasteiger partial charge in [0.05, 0.1) is 11.9 Å². The molecule has 0 bridgehead atoms. The number of allylic oxidation sites excluding steroid dienone is 3. The Labute approximate surface area is 70.8 Å². The van der Waals surface area contributed by atoms with E-state index in [4.69, 9.17) is 24.4 Å². The van der Waals surface area contributed by atoms with Gasteiger partial charge >= 0.3 is 0 Å². The topological polar surface area (TPSA) is 16.6 Å². The van der Waals surface area contributed by atoms with Crippen LogP contribution in [-0.2, 0) is 0 Å². The fourth-order valence-corrected chi connectivity index (χ4v) is 1.19. The van der Waals surface area contributed by atoms with Crippen molar-refractivity contribution in [3.05, 3.63) is 23.9 Å². The number of thiocarbonyl (C=S) groups is 2. The maximum absolute atomic E-state index is 5.03. The predicted molar refractivity (Wildman–Crippen MR) is 50.3 cm³/mol. The van der Waals surface area contributed by atoms with Crippen LogP contribution in [0.1, 0.15) is 0 Å². The van der Waals surface area contributed by atoms with Gasteiger partial charge in [0.15, 0.2) is 0 Å². The number of rotatable bonds is 1. The Hall–Kier alpha value is -0.380. The summed E-state index contributed by atoms with van der Waals surface area (Å²) in [6, 6.07) is 0.